The van der Waals surface area contributed by atoms with Gasteiger partial charge in [-0.1, -0.05) is 23.2 Å². The number of rotatable bonds is 5. The lowest BCUT2D eigenvalue weighted by Crippen LogP contribution is -2.13. The maximum absolute atomic E-state index is 12.3. The van der Waals surface area contributed by atoms with Crippen molar-refractivity contribution >= 4 is 46.6 Å². The van der Waals surface area contributed by atoms with Crippen molar-refractivity contribution < 1.29 is 14.1 Å². The van der Waals surface area contributed by atoms with Gasteiger partial charge in [0.1, 0.15) is 23.2 Å². The Labute approximate surface area is 174 Å². The average molecular weight is 428 g/mol. The molecule has 29 heavy (non-hydrogen) atoms. The third kappa shape index (κ3) is 4.82. The molecule has 1 heterocycles. The van der Waals surface area contributed by atoms with Gasteiger partial charge in [-0.25, -0.2) is 0 Å². The molecule has 3 rings (SSSR count). The SMILES string of the molecule is N#C/C(=C\c1ccc(-c2ccc([N+](=O)[O-])cc2Cl)o1)C(=O)Nc1ccc(Cl)cc1. The first-order chi connectivity index (χ1) is 13.9. The fraction of sp³-hybridized carbons (Fsp3) is 0. The summed E-state index contributed by atoms with van der Waals surface area (Å²) in [6.07, 6.45) is 1.29. The van der Waals surface area contributed by atoms with Crippen molar-refractivity contribution in [3.63, 3.8) is 0 Å². The zero-order valence-electron chi connectivity index (χ0n) is 14.6. The van der Waals surface area contributed by atoms with Crippen LogP contribution in [-0.2, 0) is 4.79 Å². The van der Waals surface area contributed by atoms with Gasteiger partial charge in [-0.2, -0.15) is 5.26 Å². The first-order valence-electron chi connectivity index (χ1n) is 8.10. The van der Waals surface area contributed by atoms with Crippen LogP contribution < -0.4 is 5.32 Å². The summed E-state index contributed by atoms with van der Waals surface area (Å²) in [5.41, 5.74) is 0.617. The number of benzene rings is 2. The molecule has 7 nitrogen and oxygen atoms in total. The van der Waals surface area contributed by atoms with Crippen LogP contribution in [0.5, 0.6) is 0 Å². The molecular weight excluding hydrogens is 417 g/mol. The molecule has 0 aliphatic rings. The molecule has 0 atom stereocenters. The van der Waals surface area contributed by atoms with Crippen LogP contribution in [0.3, 0.4) is 0 Å². The fourth-order valence-electron chi connectivity index (χ4n) is 2.42. The highest BCUT2D eigenvalue weighted by Gasteiger charge is 2.15. The standard InChI is InChI=1S/C20H11Cl2N3O4/c21-13-1-3-14(4-2-13)24-20(26)12(11-23)9-16-6-8-19(29-16)17-7-5-15(25(27)28)10-18(17)22/h1-10H,(H,24,26)/b12-9+. The average Bonchev–Trinajstić information content (AvgIpc) is 3.16. The van der Waals surface area contributed by atoms with Crippen LogP contribution in [-0.4, -0.2) is 10.8 Å². The molecular formula is C20H11Cl2N3O4. The lowest BCUT2D eigenvalue weighted by molar-refractivity contribution is -0.384. The second-order valence-electron chi connectivity index (χ2n) is 5.75. The largest absolute Gasteiger partial charge is 0.457 e. The summed E-state index contributed by atoms with van der Waals surface area (Å²) >= 11 is 11.9. The number of carbonyl (C=O) groups excluding carboxylic acids is 1. The predicted octanol–water partition coefficient (Wildman–Crippen LogP) is 5.71. The van der Waals surface area contributed by atoms with E-state index in [0.29, 0.717) is 22.0 Å². The topological polar surface area (TPSA) is 109 Å². The molecule has 1 aromatic heterocycles. The number of nitrogens with zero attached hydrogens (tertiary/aromatic N) is 2. The minimum atomic E-state index is -0.610. The Bertz CT molecular complexity index is 1160. The minimum absolute atomic E-state index is 0.143. The predicted molar refractivity (Wildman–Crippen MR) is 109 cm³/mol. The lowest BCUT2D eigenvalue weighted by atomic mass is 10.1. The first-order valence-corrected chi connectivity index (χ1v) is 8.86. The summed E-state index contributed by atoms with van der Waals surface area (Å²) in [5, 5.41) is 23.4. The number of nitro groups is 1. The molecule has 0 bridgehead atoms. The van der Waals surface area contributed by atoms with Crippen molar-refractivity contribution in [3.05, 3.63) is 86.1 Å². The zero-order valence-corrected chi connectivity index (χ0v) is 16.1. The summed E-state index contributed by atoms with van der Waals surface area (Å²) in [6.45, 7) is 0. The number of anilines is 1. The monoisotopic (exact) mass is 427 g/mol. The normalized spacial score (nSPS) is 11.0. The molecule has 1 amide bonds. The van der Waals surface area contributed by atoms with E-state index in [4.69, 9.17) is 27.6 Å². The summed E-state index contributed by atoms with van der Waals surface area (Å²) in [6, 6.07) is 15.4. The van der Waals surface area contributed by atoms with Gasteiger partial charge >= 0.3 is 0 Å². The van der Waals surface area contributed by atoms with Crippen molar-refractivity contribution in [2.75, 3.05) is 5.32 Å². The Balaban J connectivity index is 1.82. The zero-order chi connectivity index (χ0) is 21.0. The Morgan fingerprint density at radius 2 is 1.86 bits per heavy atom. The van der Waals surface area contributed by atoms with Crippen molar-refractivity contribution in [1.29, 1.82) is 5.26 Å². The maximum Gasteiger partial charge on any atom is 0.270 e. The number of halogens is 2. The van der Waals surface area contributed by atoms with Crippen molar-refractivity contribution in [2.45, 2.75) is 0 Å². The number of hydrogen-bond acceptors (Lipinski definition) is 5. The van der Waals surface area contributed by atoms with Crippen molar-refractivity contribution in [2.24, 2.45) is 0 Å². The Morgan fingerprint density at radius 3 is 2.48 bits per heavy atom. The van der Waals surface area contributed by atoms with Gasteiger partial charge in [-0.05, 0) is 42.5 Å². The van der Waals surface area contributed by atoms with Crippen LogP contribution in [0.1, 0.15) is 5.76 Å². The highest BCUT2D eigenvalue weighted by atomic mass is 35.5. The molecule has 0 aliphatic carbocycles. The fourth-order valence-corrected chi connectivity index (χ4v) is 2.81. The Kier molecular flexibility index (Phi) is 5.98. The molecule has 3 aromatic rings. The third-order valence-corrected chi connectivity index (χ3v) is 4.37. The molecule has 144 valence electrons. The second-order valence-corrected chi connectivity index (χ2v) is 6.60. The van der Waals surface area contributed by atoms with Gasteiger partial charge in [-0.3, -0.25) is 14.9 Å². The molecule has 0 saturated carbocycles. The van der Waals surface area contributed by atoms with E-state index in [1.807, 2.05) is 6.07 Å². The Morgan fingerprint density at radius 1 is 1.14 bits per heavy atom. The number of non-ortho nitro benzene ring substituents is 1. The van der Waals surface area contributed by atoms with E-state index >= 15 is 0 Å². The van der Waals surface area contributed by atoms with Crippen LogP contribution in [0, 0.1) is 21.4 Å². The van der Waals surface area contributed by atoms with Gasteiger partial charge in [-0.15, -0.1) is 0 Å². The maximum atomic E-state index is 12.3. The molecule has 0 unspecified atom stereocenters. The summed E-state index contributed by atoms with van der Waals surface area (Å²) in [7, 11) is 0. The smallest absolute Gasteiger partial charge is 0.270 e. The van der Waals surface area contributed by atoms with Gasteiger partial charge in [0.15, 0.2) is 0 Å². The number of nitro benzene ring substituents is 1. The summed E-state index contributed by atoms with van der Waals surface area (Å²) < 4.78 is 5.62. The highest BCUT2D eigenvalue weighted by Crippen LogP contribution is 2.32. The molecule has 0 aliphatic heterocycles. The molecule has 0 fully saturated rings. The van der Waals surface area contributed by atoms with Crippen LogP contribution in [0.25, 0.3) is 17.4 Å². The molecule has 0 spiro atoms. The van der Waals surface area contributed by atoms with E-state index in [9.17, 15) is 20.2 Å². The first kappa shape index (κ1) is 20.1. The van der Waals surface area contributed by atoms with Crippen LogP contribution in [0.4, 0.5) is 11.4 Å². The molecule has 9 heteroatoms. The molecule has 1 N–H and O–H groups in total. The van der Waals surface area contributed by atoms with Gasteiger partial charge in [0.25, 0.3) is 11.6 Å². The van der Waals surface area contributed by atoms with Crippen LogP contribution >= 0.6 is 23.2 Å². The van der Waals surface area contributed by atoms with Gasteiger partial charge in [0, 0.05) is 34.5 Å². The van der Waals surface area contributed by atoms with E-state index in [1.54, 1.807) is 36.4 Å². The van der Waals surface area contributed by atoms with E-state index in [1.165, 1.54) is 24.3 Å². The van der Waals surface area contributed by atoms with Gasteiger partial charge in [0.05, 0.1) is 9.95 Å². The van der Waals surface area contributed by atoms with Crippen molar-refractivity contribution in [3.8, 4) is 17.4 Å². The lowest BCUT2D eigenvalue weighted by Gasteiger charge is -2.04. The summed E-state index contributed by atoms with van der Waals surface area (Å²) in [4.78, 5) is 22.6. The second kappa shape index (κ2) is 8.61. The van der Waals surface area contributed by atoms with Gasteiger partial charge in [0.2, 0.25) is 0 Å². The van der Waals surface area contributed by atoms with Gasteiger partial charge < -0.3 is 9.73 Å². The number of hydrogen-bond donors (Lipinski definition) is 1. The number of nitriles is 1. The minimum Gasteiger partial charge on any atom is -0.457 e. The van der Waals surface area contributed by atoms with E-state index in [0.717, 1.165) is 0 Å². The van der Waals surface area contributed by atoms with E-state index in [2.05, 4.69) is 5.32 Å². The van der Waals surface area contributed by atoms with Crippen LogP contribution in [0.15, 0.2) is 64.6 Å². The van der Waals surface area contributed by atoms with E-state index in [-0.39, 0.29) is 22.0 Å². The number of nitrogens with one attached hydrogen (secondary N) is 1. The van der Waals surface area contributed by atoms with E-state index < -0.39 is 10.8 Å². The van der Waals surface area contributed by atoms with Crippen LogP contribution in [0.2, 0.25) is 10.0 Å². The number of amides is 1. The molecule has 0 radical (unpaired) electrons. The summed E-state index contributed by atoms with van der Waals surface area (Å²) in [5.74, 6) is -0.0232. The quantitative estimate of drug-likeness (QED) is 0.242. The molecule has 0 saturated heterocycles. The molecule has 2 aromatic carbocycles. The van der Waals surface area contributed by atoms with Crippen molar-refractivity contribution in [1.82, 2.24) is 0 Å². The highest BCUT2D eigenvalue weighted by molar-refractivity contribution is 6.33. The number of carbonyl (C=O) groups is 1. The number of furan rings is 1. The Hall–Kier alpha value is -3.60. The third-order valence-electron chi connectivity index (χ3n) is 3.81.